The monoisotopic (exact) mass is 207 g/mol. The molecular weight excluding hydrogens is 186 g/mol. The van der Waals surface area contributed by atoms with Crippen molar-refractivity contribution < 1.29 is 0 Å². The molecule has 0 saturated carbocycles. The number of fused-ring (bicyclic) bond motifs is 1. The number of nitrogens with zero attached hydrogens (tertiary/aromatic N) is 1. The van der Waals surface area contributed by atoms with Crippen molar-refractivity contribution in [2.45, 2.75) is 39.5 Å². The van der Waals surface area contributed by atoms with Gasteiger partial charge >= 0.3 is 0 Å². The number of aromatic nitrogens is 2. The van der Waals surface area contributed by atoms with Crippen LogP contribution in [0.1, 0.15) is 37.5 Å². The van der Waals surface area contributed by atoms with Crippen LogP contribution in [0.5, 0.6) is 0 Å². The van der Waals surface area contributed by atoms with Crippen molar-refractivity contribution in [2.24, 2.45) is 17.6 Å². The number of aryl methyl sites for hydroxylation is 1. The van der Waals surface area contributed by atoms with E-state index >= 15 is 0 Å². The first-order valence-electron chi connectivity index (χ1n) is 5.95. The van der Waals surface area contributed by atoms with E-state index in [4.69, 9.17) is 5.73 Å². The van der Waals surface area contributed by atoms with Crippen molar-refractivity contribution in [3.63, 3.8) is 0 Å². The third-order valence-electron chi connectivity index (χ3n) is 3.13. The molecule has 15 heavy (non-hydrogen) atoms. The molecule has 0 saturated heterocycles. The Morgan fingerprint density at radius 2 is 2.33 bits per heavy atom. The van der Waals surface area contributed by atoms with Crippen LogP contribution in [0.15, 0.2) is 0 Å². The molecule has 2 rings (SSSR count). The fraction of sp³-hybridized carbons (Fsp3) is 0.750. The smallest absolute Gasteiger partial charge is 0.106 e. The highest BCUT2D eigenvalue weighted by atomic mass is 14.9. The Morgan fingerprint density at radius 1 is 1.53 bits per heavy atom. The second-order valence-corrected chi connectivity index (χ2v) is 5.05. The Morgan fingerprint density at radius 3 is 3.00 bits per heavy atom. The van der Waals surface area contributed by atoms with Gasteiger partial charge in [0.25, 0.3) is 0 Å². The van der Waals surface area contributed by atoms with Crippen molar-refractivity contribution in [2.75, 3.05) is 6.54 Å². The molecule has 0 aliphatic heterocycles. The zero-order valence-corrected chi connectivity index (χ0v) is 9.71. The van der Waals surface area contributed by atoms with Crippen LogP contribution in [0.3, 0.4) is 0 Å². The minimum absolute atomic E-state index is 0.657. The Hall–Kier alpha value is -0.830. The molecule has 3 nitrogen and oxygen atoms in total. The molecule has 0 bridgehead atoms. The van der Waals surface area contributed by atoms with E-state index < -0.39 is 0 Å². The molecule has 3 N–H and O–H groups in total. The maximum atomic E-state index is 5.71. The molecule has 1 heterocycles. The van der Waals surface area contributed by atoms with Gasteiger partial charge in [-0.25, -0.2) is 4.98 Å². The Balaban J connectivity index is 2.11. The number of nitrogens with one attached hydrogen (secondary N) is 1. The van der Waals surface area contributed by atoms with Crippen LogP contribution in [-0.4, -0.2) is 16.5 Å². The highest BCUT2D eigenvalue weighted by Gasteiger charge is 2.21. The van der Waals surface area contributed by atoms with Crippen LogP contribution < -0.4 is 5.73 Å². The molecule has 1 unspecified atom stereocenters. The third kappa shape index (κ3) is 2.40. The summed E-state index contributed by atoms with van der Waals surface area (Å²) in [6.07, 6.45) is 4.46. The van der Waals surface area contributed by atoms with E-state index in [1.807, 2.05) is 0 Å². The molecule has 0 aromatic carbocycles. The van der Waals surface area contributed by atoms with E-state index in [0.717, 1.165) is 31.6 Å². The SMILES string of the molecule is CC(C)Cc1nc2c([nH]1)CC(CN)CC2. The van der Waals surface area contributed by atoms with Crippen LogP contribution in [0.2, 0.25) is 0 Å². The van der Waals surface area contributed by atoms with E-state index in [0.29, 0.717) is 11.8 Å². The van der Waals surface area contributed by atoms with Gasteiger partial charge in [0.15, 0.2) is 0 Å². The van der Waals surface area contributed by atoms with Gasteiger partial charge in [-0.1, -0.05) is 13.8 Å². The van der Waals surface area contributed by atoms with Crippen LogP contribution in [0.25, 0.3) is 0 Å². The summed E-state index contributed by atoms with van der Waals surface area (Å²) in [4.78, 5) is 8.13. The maximum Gasteiger partial charge on any atom is 0.106 e. The minimum Gasteiger partial charge on any atom is -0.346 e. The summed E-state index contributed by atoms with van der Waals surface area (Å²) < 4.78 is 0. The number of hydrogen-bond acceptors (Lipinski definition) is 2. The van der Waals surface area contributed by atoms with Gasteiger partial charge in [0.2, 0.25) is 0 Å². The number of aromatic amines is 1. The molecule has 1 aromatic heterocycles. The highest BCUT2D eigenvalue weighted by molar-refractivity contribution is 5.19. The average molecular weight is 207 g/mol. The fourth-order valence-corrected chi connectivity index (χ4v) is 2.30. The second-order valence-electron chi connectivity index (χ2n) is 5.05. The zero-order chi connectivity index (χ0) is 10.8. The lowest BCUT2D eigenvalue weighted by molar-refractivity contribution is 0.461. The van der Waals surface area contributed by atoms with Gasteiger partial charge in [0, 0.05) is 12.1 Å². The number of imidazole rings is 1. The topological polar surface area (TPSA) is 54.7 Å². The molecule has 1 aliphatic rings. The summed E-state index contributed by atoms with van der Waals surface area (Å²) in [5.41, 5.74) is 8.34. The molecule has 0 radical (unpaired) electrons. The quantitative estimate of drug-likeness (QED) is 0.792. The third-order valence-corrected chi connectivity index (χ3v) is 3.13. The van der Waals surface area contributed by atoms with Crippen molar-refractivity contribution in [3.8, 4) is 0 Å². The normalized spacial score (nSPS) is 20.7. The summed E-state index contributed by atoms with van der Waals surface area (Å²) >= 11 is 0. The predicted octanol–water partition coefficient (Wildman–Crippen LogP) is 1.67. The van der Waals surface area contributed by atoms with Crippen molar-refractivity contribution >= 4 is 0 Å². The van der Waals surface area contributed by atoms with Crippen LogP contribution >= 0.6 is 0 Å². The van der Waals surface area contributed by atoms with Gasteiger partial charge in [-0.2, -0.15) is 0 Å². The molecule has 0 amide bonds. The first kappa shape index (κ1) is 10.7. The number of hydrogen-bond donors (Lipinski definition) is 2. The molecule has 1 atom stereocenters. The largest absolute Gasteiger partial charge is 0.346 e. The number of nitrogens with two attached hydrogens (primary N) is 1. The van der Waals surface area contributed by atoms with Crippen molar-refractivity contribution in [3.05, 3.63) is 17.2 Å². The summed E-state index contributed by atoms with van der Waals surface area (Å²) in [6.45, 7) is 5.26. The van der Waals surface area contributed by atoms with E-state index in [9.17, 15) is 0 Å². The van der Waals surface area contributed by atoms with Gasteiger partial charge < -0.3 is 10.7 Å². The van der Waals surface area contributed by atoms with Gasteiger partial charge in [-0.05, 0) is 37.6 Å². The van der Waals surface area contributed by atoms with Crippen molar-refractivity contribution in [1.82, 2.24) is 9.97 Å². The molecule has 1 aromatic rings. The van der Waals surface area contributed by atoms with Crippen LogP contribution in [-0.2, 0) is 19.3 Å². The summed E-state index contributed by atoms with van der Waals surface area (Å²) in [7, 11) is 0. The lowest BCUT2D eigenvalue weighted by atomic mass is 9.90. The first-order chi connectivity index (χ1) is 7.19. The number of rotatable bonds is 3. The fourth-order valence-electron chi connectivity index (χ4n) is 2.30. The van der Waals surface area contributed by atoms with Crippen molar-refractivity contribution in [1.29, 1.82) is 0 Å². The Labute approximate surface area is 91.5 Å². The highest BCUT2D eigenvalue weighted by Crippen LogP contribution is 2.23. The minimum atomic E-state index is 0.657. The molecule has 0 spiro atoms. The molecule has 3 heteroatoms. The van der Waals surface area contributed by atoms with Gasteiger partial charge in [0.1, 0.15) is 5.82 Å². The predicted molar refractivity (Wildman–Crippen MR) is 61.7 cm³/mol. The maximum absolute atomic E-state index is 5.71. The summed E-state index contributed by atoms with van der Waals surface area (Å²) in [5, 5.41) is 0. The zero-order valence-electron chi connectivity index (χ0n) is 9.71. The number of H-pyrrole nitrogens is 1. The van der Waals surface area contributed by atoms with Crippen LogP contribution in [0.4, 0.5) is 0 Å². The first-order valence-corrected chi connectivity index (χ1v) is 5.95. The van der Waals surface area contributed by atoms with Gasteiger partial charge in [-0.3, -0.25) is 0 Å². The van der Waals surface area contributed by atoms with E-state index in [1.165, 1.54) is 17.8 Å². The summed E-state index contributed by atoms with van der Waals surface area (Å²) in [6, 6.07) is 0. The molecular formula is C12H21N3. The lowest BCUT2D eigenvalue weighted by Gasteiger charge is -2.18. The Kier molecular flexibility index (Phi) is 3.10. The second kappa shape index (κ2) is 4.35. The van der Waals surface area contributed by atoms with E-state index in [-0.39, 0.29) is 0 Å². The lowest BCUT2D eigenvalue weighted by Crippen LogP contribution is -2.22. The standard InChI is InChI=1S/C12H21N3/c1-8(2)5-12-14-10-4-3-9(7-13)6-11(10)15-12/h8-9H,3-7,13H2,1-2H3,(H,14,15). The average Bonchev–Trinajstić information content (AvgIpc) is 2.57. The summed E-state index contributed by atoms with van der Waals surface area (Å²) in [5.74, 6) is 2.49. The van der Waals surface area contributed by atoms with Crippen LogP contribution in [0, 0.1) is 11.8 Å². The van der Waals surface area contributed by atoms with Gasteiger partial charge in [-0.15, -0.1) is 0 Å². The van der Waals surface area contributed by atoms with E-state index in [2.05, 4.69) is 23.8 Å². The molecule has 1 aliphatic carbocycles. The Bertz CT molecular complexity index is 328. The van der Waals surface area contributed by atoms with Gasteiger partial charge in [0.05, 0.1) is 5.69 Å². The van der Waals surface area contributed by atoms with E-state index in [1.54, 1.807) is 0 Å². The molecule has 0 fully saturated rings. The molecule has 84 valence electrons.